The topological polar surface area (TPSA) is 56.7 Å². The predicted molar refractivity (Wildman–Crippen MR) is 132 cm³/mol. The Balaban J connectivity index is 0.00000280. The molecule has 3 rings (SSSR count). The molecule has 3 atom stereocenters. The first-order chi connectivity index (χ1) is 13.1. The van der Waals surface area contributed by atoms with Crippen LogP contribution >= 0.6 is 24.0 Å². The average Bonchev–Trinajstić information content (AvgIpc) is 2.70. The van der Waals surface area contributed by atoms with Crippen LogP contribution < -0.4 is 15.5 Å². The van der Waals surface area contributed by atoms with Gasteiger partial charge in [0, 0.05) is 60.7 Å². The minimum Gasteiger partial charge on any atom is -0.374 e. The van der Waals surface area contributed by atoms with Gasteiger partial charge in [-0.05, 0) is 49.3 Å². The molecule has 7 heteroatoms. The SMILES string of the molecule is CCS(=O)C1CCCC(NC(=NC)NCc2ccc3c(c2)CCCN3C)C1.I. The normalized spacial score (nSPS) is 23.4. The van der Waals surface area contributed by atoms with Crippen molar-refractivity contribution >= 4 is 46.4 Å². The lowest BCUT2D eigenvalue weighted by Crippen LogP contribution is -2.46. The zero-order valence-electron chi connectivity index (χ0n) is 17.4. The summed E-state index contributed by atoms with van der Waals surface area (Å²) in [4.78, 5) is 6.74. The van der Waals surface area contributed by atoms with Crippen molar-refractivity contribution in [2.75, 3.05) is 31.3 Å². The minimum atomic E-state index is -0.693. The zero-order chi connectivity index (χ0) is 19.2. The van der Waals surface area contributed by atoms with Crippen molar-refractivity contribution in [2.45, 2.75) is 63.3 Å². The molecule has 1 fully saturated rings. The van der Waals surface area contributed by atoms with Crippen molar-refractivity contribution in [1.82, 2.24) is 10.6 Å². The van der Waals surface area contributed by atoms with E-state index in [2.05, 4.69) is 45.8 Å². The van der Waals surface area contributed by atoms with E-state index in [4.69, 9.17) is 0 Å². The maximum atomic E-state index is 12.2. The number of fused-ring (bicyclic) bond motifs is 1. The highest BCUT2D eigenvalue weighted by molar-refractivity contribution is 14.0. The number of aliphatic imine (C=N–C) groups is 1. The van der Waals surface area contributed by atoms with Crippen molar-refractivity contribution in [2.24, 2.45) is 4.99 Å². The Hall–Kier alpha value is -0.830. The molecule has 5 nitrogen and oxygen atoms in total. The monoisotopic (exact) mass is 518 g/mol. The molecule has 0 saturated heterocycles. The molecule has 3 unspecified atom stereocenters. The van der Waals surface area contributed by atoms with Crippen LogP contribution in [0.25, 0.3) is 0 Å². The molecule has 1 aliphatic heterocycles. The van der Waals surface area contributed by atoms with Crippen molar-refractivity contribution < 1.29 is 4.21 Å². The molecule has 158 valence electrons. The number of hydrogen-bond donors (Lipinski definition) is 2. The molecule has 0 bridgehead atoms. The highest BCUT2D eigenvalue weighted by Crippen LogP contribution is 2.27. The number of guanidine groups is 1. The third-order valence-corrected chi connectivity index (χ3v) is 7.54. The van der Waals surface area contributed by atoms with E-state index in [0.29, 0.717) is 11.3 Å². The number of aryl methyl sites for hydroxylation is 1. The van der Waals surface area contributed by atoms with E-state index < -0.39 is 10.8 Å². The fourth-order valence-electron chi connectivity index (χ4n) is 4.27. The first-order valence-corrected chi connectivity index (χ1v) is 11.7. The first-order valence-electron chi connectivity index (χ1n) is 10.3. The van der Waals surface area contributed by atoms with Gasteiger partial charge in [-0.3, -0.25) is 9.20 Å². The standard InChI is InChI=1S/C21H34N4OS.HI/c1-4-27(26)19-9-5-8-18(14-19)24-21(22-2)23-15-16-10-11-20-17(13-16)7-6-12-25(20)3;/h10-11,13,18-19H,4-9,12,14-15H2,1-3H3,(H2,22,23,24);1H. The quantitative estimate of drug-likeness (QED) is 0.357. The van der Waals surface area contributed by atoms with E-state index >= 15 is 0 Å². The number of hydrogen-bond acceptors (Lipinski definition) is 3. The molecule has 1 aromatic rings. The van der Waals surface area contributed by atoms with Gasteiger partial charge < -0.3 is 15.5 Å². The summed E-state index contributed by atoms with van der Waals surface area (Å²) >= 11 is 0. The average molecular weight is 519 g/mol. The number of benzene rings is 1. The maximum Gasteiger partial charge on any atom is 0.191 e. The molecule has 2 N–H and O–H groups in total. The molecule has 1 saturated carbocycles. The molecular formula is C21H35IN4OS. The Morgan fingerprint density at radius 2 is 2.14 bits per heavy atom. The summed E-state index contributed by atoms with van der Waals surface area (Å²) in [6.45, 7) is 3.93. The molecule has 28 heavy (non-hydrogen) atoms. The van der Waals surface area contributed by atoms with E-state index in [-0.39, 0.29) is 24.0 Å². The molecule has 0 aromatic heterocycles. The van der Waals surface area contributed by atoms with Crippen LogP contribution in [0.3, 0.4) is 0 Å². The largest absolute Gasteiger partial charge is 0.374 e. The van der Waals surface area contributed by atoms with Crippen LogP contribution in [0, 0.1) is 0 Å². The smallest absolute Gasteiger partial charge is 0.191 e. The summed E-state index contributed by atoms with van der Waals surface area (Å²) in [6.07, 6.45) is 6.73. The van der Waals surface area contributed by atoms with Gasteiger partial charge in [0.05, 0.1) is 0 Å². The lowest BCUT2D eigenvalue weighted by atomic mass is 9.95. The lowest BCUT2D eigenvalue weighted by molar-refractivity contribution is 0.413. The van der Waals surface area contributed by atoms with Crippen molar-refractivity contribution in [1.29, 1.82) is 0 Å². The highest BCUT2D eigenvalue weighted by atomic mass is 127. The van der Waals surface area contributed by atoms with Crippen molar-refractivity contribution in [3.63, 3.8) is 0 Å². The molecule has 2 aliphatic rings. The number of halogens is 1. The fraction of sp³-hybridized carbons (Fsp3) is 0.667. The van der Waals surface area contributed by atoms with Crippen molar-refractivity contribution in [3.8, 4) is 0 Å². The molecular weight excluding hydrogens is 483 g/mol. The van der Waals surface area contributed by atoms with E-state index in [1.54, 1.807) is 0 Å². The Bertz CT molecular complexity index is 697. The minimum absolute atomic E-state index is 0. The molecule has 1 aliphatic carbocycles. The number of nitrogens with one attached hydrogen (secondary N) is 2. The van der Waals surface area contributed by atoms with E-state index in [1.165, 1.54) is 29.7 Å². The van der Waals surface area contributed by atoms with Crippen LogP contribution in [-0.2, 0) is 23.8 Å². The summed E-state index contributed by atoms with van der Waals surface area (Å²) in [5.41, 5.74) is 4.11. The predicted octanol–water partition coefficient (Wildman–Crippen LogP) is 3.43. The zero-order valence-corrected chi connectivity index (χ0v) is 20.5. The van der Waals surface area contributed by atoms with Gasteiger partial charge in [0.2, 0.25) is 0 Å². The van der Waals surface area contributed by atoms with E-state index in [1.807, 2.05) is 14.0 Å². The van der Waals surface area contributed by atoms with Gasteiger partial charge in [-0.2, -0.15) is 0 Å². The van der Waals surface area contributed by atoms with Gasteiger partial charge in [0.1, 0.15) is 0 Å². The highest BCUT2D eigenvalue weighted by Gasteiger charge is 2.26. The summed E-state index contributed by atoms with van der Waals surface area (Å²) in [5.74, 6) is 1.61. The van der Waals surface area contributed by atoms with Gasteiger partial charge in [-0.1, -0.05) is 25.5 Å². The van der Waals surface area contributed by atoms with E-state index in [9.17, 15) is 4.21 Å². The summed E-state index contributed by atoms with van der Waals surface area (Å²) in [6, 6.07) is 7.14. The summed E-state index contributed by atoms with van der Waals surface area (Å²) < 4.78 is 12.2. The van der Waals surface area contributed by atoms with Crippen molar-refractivity contribution in [3.05, 3.63) is 29.3 Å². The lowest BCUT2D eigenvalue weighted by Gasteiger charge is -2.30. The Kier molecular flexibility index (Phi) is 9.53. The molecule has 1 aromatic carbocycles. The van der Waals surface area contributed by atoms with E-state index in [0.717, 1.165) is 50.5 Å². The third kappa shape index (κ3) is 6.08. The second kappa shape index (κ2) is 11.4. The van der Waals surface area contributed by atoms with Crippen LogP contribution in [-0.4, -0.2) is 47.9 Å². The first kappa shape index (κ1) is 23.4. The second-order valence-electron chi connectivity index (χ2n) is 7.71. The van der Waals surface area contributed by atoms with Gasteiger partial charge in [0.15, 0.2) is 5.96 Å². The number of nitrogens with zero attached hydrogens (tertiary/aromatic N) is 2. The van der Waals surface area contributed by atoms with Crippen LogP contribution in [0.4, 0.5) is 5.69 Å². The summed E-state index contributed by atoms with van der Waals surface area (Å²) in [7, 11) is 3.30. The number of rotatable bonds is 5. The third-order valence-electron chi connectivity index (χ3n) is 5.80. The molecule has 0 amide bonds. The molecule has 0 spiro atoms. The maximum absolute atomic E-state index is 12.2. The van der Waals surface area contributed by atoms with Crippen LogP contribution in [0.5, 0.6) is 0 Å². The van der Waals surface area contributed by atoms with Gasteiger partial charge in [-0.15, -0.1) is 24.0 Å². The fourth-order valence-corrected chi connectivity index (χ4v) is 5.62. The molecule has 1 heterocycles. The van der Waals surface area contributed by atoms with Gasteiger partial charge in [0.25, 0.3) is 0 Å². The summed E-state index contributed by atoms with van der Waals surface area (Å²) in [5, 5.41) is 7.34. The second-order valence-corrected chi connectivity index (χ2v) is 9.72. The van der Waals surface area contributed by atoms with Gasteiger partial charge in [-0.25, -0.2) is 0 Å². The Morgan fingerprint density at radius 3 is 2.89 bits per heavy atom. The Labute approximate surface area is 189 Å². The van der Waals surface area contributed by atoms with Crippen LogP contribution in [0.1, 0.15) is 50.2 Å². The Morgan fingerprint density at radius 1 is 1.32 bits per heavy atom. The number of anilines is 1. The molecule has 0 radical (unpaired) electrons. The van der Waals surface area contributed by atoms with Crippen LogP contribution in [0.2, 0.25) is 0 Å². The van der Waals surface area contributed by atoms with Gasteiger partial charge >= 0.3 is 0 Å². The van der Waals surface area contributed by atoms with Crippen LogP contribution in [0.15, 0.2) is 23.2 Å².